The van der Waals surface area contributed by atoms with Crippen LogP contribution in [0.5, 0.6) is 0 Å². The van der Waals surface area contributed by atoms with Gasteiger partial charge in [0.15, 0.2) is 0 Å². The molecule has 21 heavy (non-hydrogen) atoms. The summed E-state index contributed by atoms with van der Waals surface area (Å²) in [5.41, 5.74) is 0. The van der Waals surface area contributed by atoms with E-state index in [0.717, 1.165) is 18.8 Å². The van der Waals surface area contributed by atoms with Crippen molar-refractivity contribution >= 4 is 11.8 Å². The number of carbonyl (C=O) groups excluding carboxylic acids is 2. The van der Waals surface area contributed by atoms with Crippen LogP contribution in [0, 0.1) is 17.8 Å². The Kier molecular flexibility index (Phi) is 5.28. The molecule has 4 heteroatoms. The van der Waals surface area contributed by atoms with Crippen LogP contribution in [-0.4, -0.2) is 35.3 Å². The van der Waals surface area contributed by atoms with E-state index in [1.807, 2.05) is 4.90 Å². The van der Waals surface area contributed by atoms with Gasteiger partial charge < -0.3 is 10.2 Å². The van der Waals surface area contributed by atoms with Crippen LogP contribution in [0.2, 0.25) is 0 Å². The number of amides is 2. The van der Waals surface area contributed by atoms with Crippen LogP contribution in [0.1, 0.15) is 59.8 Å². The van der Waals surface area contributed by atoms with E-state index in [-0.39, 0.29) is 23.8 Å². The maximum atomic E-state index is 12.9. The Morgan fingerprint density at radius 3 is 2.57 bits per heavy atom. The molecular formula is C17H30N2O2. The molecule has 5 atom stereocenters. The van der Waals surface area contributed by atoms with E-state index in [1.165, 1.54) is 12.8 Å². The smallest absolute Gasteiger partial charge is 0.245 e. The number of nitrogens with zero attached hydrogens (tertiary/aromatic N) is 1. The molecule has 4 nitrogen and oxygen atoms in total. The van der Waals surface area contributed by atoms with Crippen molar-refractivity contribution in [1.29, 1.82) is 0 Å². The molecule has 1 saturated carbocycles. The monoisotopic (exact) mass is 294 g/mol. The van der Waals surface area contributed by atoms with Crippen LogP contribution in [0.3, 0.4) is 0 Å². The van der Waals surface area contributed by atoms with Crippen LogP contribution in [0.4, 0.5) is 0 Å². The summed E-state index contributed by atoms with van der Waals surface area (Å²) in [4.78, 5) is 26.9. The molecule has 0 spiro atoms. The minimum Gasteiger partial charge on any atom is -0.344 e. The lowest BCUT2D eigenvalue weighted by atomic mass is 9.92. The molecule has 1 aliphatic carbocycles. The third kappa shape index (κ3) is 3.24. The van der Waals surface area contributed by atoms with Crippen molar-refractivity contribution in [2.24, 2.45) is 17.8 Å². The van der Waals surface area contributed by atoms with Crippen molar-refractivity contribution in [1.82, 2.24) is 10.2 Å². The van der Waals surface area contributed by atoms with Crippen molar-refractivity contribution in [3.05, 3.63) is 0 Å². The number of hydrogen-bond acceptors (Lipinski definition) is 2. The Bertz CT molecular complexity index is 396. The first-order chi connectivity index (χ1) is 9.99. The average Bonchev–Trinajstić information content (AvgIpc) is 2.77. The van der Waals surface area contributed by atoms with E-state index >= 15 is 0 Å². The summed E-state index contributed by atoms with van der Waals surface area (Å²) >= 11 is 0. The van der Waals surface area contributed by atoms with Gasteiger partial charge in [-0.1, -0.05) is 40.5 Å². The second-order valence-electron chi connectivity index (χ2n) is 6.88. The van der Waals surface area contributed by atoms with Crippen LogP contribution < -0.4 is 5.32 Å². The van der Waals surface area contributed by atoms with Crippen molar-refractivity contribution < 1.29 is 9.59 Å². The van der Waals surface area contributed by atoms with Gasteiger partial charge in [0.1, 0.15) is 6.04 Å². The molecule has 2 amide bonds. The number of nitrogens with one attached hydrogen (secondary N) is 1. The first-order valence-electron chi connectivity index (χ1n) is 8.59. The third-order valence-corrected chi connectivity index (χ3v) is 5.77. The molecule has 1 heterocycles. The van der Waals surface area contributed by atoms with Crippen LogP contribution in [0.25, 0.3) is 0 Å². The van der Waals surface area contributed by atoms with Crippen molar-refractivity contribution in [2.75, 3.05) is 6.54 Å². The normalized spacial score (nSPS) is 35.5. The number of rotatable bonds is 4. The number of hydrogen-bond donors (Lipinski definition) is 1. The largest absolute Gasteiger partial charge is 0.344 e. The Labute approximate surface area is 128 Å². The van der Waals surface area contributed by atoms with Crippen LogP contribution in [-0.2, 0) is 9.59 Å². The molecule has 5 unspecified atom stereocenters. The van der Waals surface area contributed by atoms with E-state index < -0.39 is 0 Å². The van der Waals surface area contributed by atoms with Crippen LogP contribution in [0.15, 0.2) is 0 Å². The topological polar surface area (TPSA) is 49.4 Å². The fourth-order valence-corrected chi connectivity index (χ4v) is 4.01. The third-order valence-electron chi connectivity index (χ3n) is 5.77. The Morgan fingerprint density at radius 1 is 1.29 bits per heavy atom. The minimum atomic E-state index is -0.335. The summed E-state index contributed by atoms with van der Waals surface area (Å²) < 4.78 is 0. The average molecular weight is 294 g/mol. The van der Waals surface area contributed by atoms with E-state index in [9.17, 15) is 9.59 Å². The standard InChI is InChI=1S/C17H30N2O2/c1-5-11(3)16-17(21)19(10-9-15(20)18-16)14-8-7-13(6-2)12(14)4/h11-14,16H,5-10H2,1-4H3,(H,18,20). The van der Waals surface area contributed by atoms with E-state index in [1.54, 1.807) is 0 Å². The molecule has 2 rings (SSSR count). The summed E-state index contributed by atoms with van der Waals surface area (Å²) in [6, 6.07) is -0.0143. The highest BCUT2D eigenvalue weighted by molar-refractivity contribution is 5.90. The molecule has 1 aliphatic heterocycles. The lowest BCUT2D eigenvalue weighted by Gasteiger charge is -2.34. The second kappa shape index (κ2) is 6.80. The zero-order chi connectivity index (χ0) is 15.6. The molecule has 0 aromatic heterocycles. The van der Waals surface area contributed by atoms with Gasteiger partial charge in [0.05, 0.1) is 0 Å². The molecule has 1 saturated heterocycles. The second-order valence-corrected chi connectivity index (χ2v) is 6.88. The molecule has 0 bridgehead atoms. The molecule has 2 fully saturated rings. The maximum Gasteiger partial charge on any atom is 0.245 e. The Balaban J connectivity index is 2.18. The lowest BCUT2D eigenvalue weighted by Crippen LogP contribution is -2.52. The highest BCUT2D eigenvalue weighted by Gasteiger charge is 2.41. The van der Waals surface area contributed by atoms with Gasteiger partial charge in [-0.15, -0.1) is 0 Å². The predicted molar refractivity (Wildman–Crippen MR) is 83.7 cm³/mol. The van der Waals surface area contributed by atoms with Gasteiger partial charge in [-0.25, -0.2) is 0 Å². The highest BCUT2D eigenvalue weighted by atomic mass is 16.2. The zero-order valence-electron chi connectivity index (χ0n) is 13.9. The van der Waals surface area contributed by atoms with Gasteiger partial charge in [-0.05, 0) is 30.6 Å². The van der Waals surface area contributed by atoms with Gasteiger partial charge in [0.2, 0.25) is 11.8 Å². The van der Waals surface area contributed by atoms with Crippen molar-refractivity contribution in [2.45, 2.75) is 71.9 Å². The molecular weight excluding hydrogens is 264 g/mol. The maximum absolute atomic E-state index is 12.9. The summed E-state index contributed by atoms with van der Waals surface area (Å²) in [7, 11) is 0. The van der Waals surface area contributed by atoms with Crippen molar-refractivity contribution in [3.8, 4) is 0 Å². The first-order valence-corrected chi connectivity index (χ1v) is 8.59. The molecule has 0 aromatic rings. The summed E-state index contributed by atoms with van der Waals surface area (Å²) in [5.74, 6) is 1.62. The van der Waals surface area contributed by atoms with Crippen LogP contribution >= 0.6 is 0 Å². The quantitative estimate of drug-likeness (QED) is 0.866. The fourth-order valence-electron chi connectivity index (χ4n) is 4.01. The SMILES string of the molecule is CCC(C)C1NC(=O)CCN(C2CCC(CC)C2C)C1=O. The highest BCUT2D eigenvalue weighted by Crippen LogP contribution is 2.37. The van der Waals surface area contributed by atoms with Gasteiger partial charge in [-0.3, -0.25) is 9.59 Å². The predicted octanol–water partition coefficient (Wildman–Crippen LogP) is 2.57. The van der Waals surface area contributed by atoms with E-state index in [4.69, 9.17) is 0 Å². The molecule has 0 aromatic carbocycles. The molecule has 120 valence electrons. The fraction of sp³-hybridized carbons (Fsp3) is 0.882. The molecule has 0 radical (unpaired) electrons. The van der Waals surface area contributed by atoms with Gasteiger partial charge in [0.25, 0.3) is 0 Å². The minimum absolute atomic E-state index is 0.0221. The summed E-state index contributed by atoms with van der Waals surface area (Å²) in [6.45, 7) is 9.23. The van der Waals surface area contributed by atoms with Crippen molar-refractivity contribution in [3.63, 3.8) is 0 Å². The first kappa shape index (κ1) is 16.3. The summed E-state index contributed by atoms with van der Waals surface area (Å²) in [6.07, 6.45) is 4.83. The molecule has 1 N–H and O–H groups in total. The number of carbonyl (C=O) groups is 2. The zero-order valence-corrected chi connectivity index (χ0v) is 13.9. The Hall–Kier alpha value is -1.06. The molecule has 2 aliphatic rings. The lowest BCUT2D eigenvalue weighted by molar-refractivity contribution is -0.137. The van der Waals surface area contributed by atoms with Gasteiger partial charge in [-0.2, -0.15) is 0 Å². The Morgan fingerprint density at radius 2 is 2.00 bits per heavy atom. The summed E-state index contributed by atoms with van der Waals surface area (Å²) in [5, 5.41) is 2.94. The van der Waals surface area contributed by atoms with Gasteiger partial charge in [0, 0.05) is 19.0 Å². The van der Waals surface area contributed by atoms with E-state index in [2.05, 4.69) is 33.0 Å². The van der Waals surface area contributed by atoms with E-state index in [0.29, 0.717) is 24.9 Å². The van der Waals surface area contributed by atoms with Gasteiger partial charge >= 0.3 is 0 Å².